The van der Waals surface area contributed by atoms with E-state index in [1.54, 1.807) is 7.11 Å². The SMILES string of the molecule is COCCOc1cccc(NCc2cc(F)cc(F)c2)c1. The second-order valence-corrected chi connectivity index (χ2v) is 4.50. The highest BCUT2D eigenvalue weighted by Crippen LogP contribution is 2.18. The smallest absolute Gasteiger partial charge is 0.126 e. The van der Waals surface area contributed by atoms with E-state index in [-0.39, 0.29) is 0 Å². The predicted molar refractivity (Wildman–Crippen MR) is 77.5 cm³/mol. The van der Waals surface area contributed by atoms with Crippen molar-refractivity contribution in [1.82, 2.24) is 0 Å². The average Bonchev–Trinajstić information content (AvgIpc) is 2.45. The summed E-state index contributed by atoms with van der Waals surface area (Å²) in [5, 5.41) is 3.10. The van der Waals surface area contributed by atoms with Crippen molar-refractivity contribution in [2.45, 2.75) is 6.54 Å². The molecule has 112 valence electrons. The van der Waals surface area contributed by atoms with Gasteiger partial charge >= 0.3 is 0 Å². The lowest BCUT2D eigenvalue weighted by atomic mass is 10.2. The Bertz CT molecular complexity index is 570. The first-order valence-electron chi connectivity index (χ1n) is 6.58. The van der Waals surface area contributed by atoms with Gasteiger partial charge in [0, 0.05) is 31.5 Å². The van der Waals surface area contributed by atoms with E-state index in [2.05, 4.69) is 5.32 Å². The Labute approximate surface area is 122 Å². The fraction of sp³-hybridized carbons (Fsp3) is 0.250. The quantitative estimate of drug-likeness (QED) is 0.791. The van der Waals surface area contributed by atoms with Crippen LogP contribution in [0.2, 0.25) is 0 Å². The Balaban J connectivity index is 1.94. The van der Waals surface area contributed by atoms with Crippen molar-refractivity contribution in [3.05, 3.63) is 59.7 Å². The number of halogens is 2. The van der Waals surface area contributed by atoms with Crippen LogP contribution in [0.5, 0.6) is 5.75 Å². The molecule has 0 aliphatic heterocycles. The molecular weight excluding hydrogens is 276 g/mol. The maximum atomic E-state index is 13.1. The lowest BCUT2D eigenvalue weighted by Crippen LogP contribution is -2.05. The second-order valence-electron chi connectivity index (χ2n) is 4.50. The van der Waals surface area contributed by atoms with Crippen LogP contribution in [0.4, 0.5) is 14.5 Å². The molecule has 0 radical (unpaired) electrons. The van der Waals surface area contributed by atoms with E-state index in [0.717, 1.165) is 11.8 Å². The van der Waals surface area contributed by atoms with Gasteiger partial charge in [0.1, 0.15) is 24.0 Å². The van der Waals surface area contributed by atoms with E-state index in [4.69, 9.17) is 9.47 Å². The zero-order chi connectivity index (χ0) is 15.1. The molecule has 21 heavy (non-hydrogen) atoms. The second kappa shape index (κ2) is 7.59. The minimum Gasteiger partial charge on any atom is -0.491 e. The summed E-state index contributed by atoms with van der Waals surface area (Å²) in [6, 6.07) is 10.8. The Morgan fingerprint density at radius 2 is 1.76 bits per heavy atom. The zero-order valence-corrected chi connectivity index (χ0v) is 11.7. The molecule has 0 saturated carbocycles. The molecule has 2 aromatic rings. The van der Waals surface area contributed by atoms with Gasteiger partial charge in [0.2, 0.25) is 0 Å². The molecule has 0 spiro atoms. The van der Waals surface area contributed by atoms with Gasteiger partial charge in [-0.15, -0.1) is 0 Å². The number of nitrogens with one attached hydrogen (secondary N) is 1. The van der Waals surface area contributed by atoms with Gasteiger partial charge in [0.05, 0.1) is 6.61 Å². The van der Waals surface area contributed by atoms with Gasteiger partial charge in [0.25, 0.3) is 0 Å². The van der Waals surface area contributed by atoms with Crippen molar-refractivity contribution in [1.29, 1.82) is 0 Å². The summed E-state index contributed by atoms with van der Waals surface area (Å²) in [6.45, 7) is 1.31. The van der Waals surface area contributed by atoms with Gasteiger partial charge in [-0.1, -0.05) is 6.07 Å². The topological polar surface area (TPSA) is 30.5 Å². The Morgan fingerprint density at radius 3 is 2.48 bits per heavy atom. The van der Waals surface area contributed by atoms with Crippen LogP contribution in [0.3, 0.4) is 0 Å². The highest BCUT2D eigenvalue weighted by molar-refractivity contribution is 5.48. The van der Waals surface area contributed by atoms with Crippen LogP contribution in [-0.2, 0) is 11.3 Å². The van der Waals surface area contributed by atoms with Gasteiger partial charge < -0.3 is 14.8 Å². The molecule has 2 rings (SSSR count). The summed E-state index contributed by atoms with van der Waals surface area (Å²) in [5.41, 5.74) is 1.35. The van der Waals surface area contributed by atoms with E-state index in [0.29, 0.717) is 31.1 Å². The third kappa shape index (κ3) is 5.04. The molecule has 5 heteroatoms. The molecule has 2 aromatic carbocycles. The number of methoxy groups -OCH3 is 1. The van der Waals surface area contributed by atoms with Gasteiger partial charge in [0.15, 0.2) is 0 Å². The van der Waals surface area contributed by atoms with Gasteiger partial charge in [-0.25, -0.2) is 8.78 Å². The summed E-state index contributed by atoms with van der Waals surface area (Å²) >= 11 is 0. The molecule has 0 fully saturated rings. The zero-order valence-electron chi connectivity index (χ0n) is 11.7. The van der Waals surface area contributed by atoms with Gasteiger partial charge in [-0.3, -0.25) is 0 Å². The Hall–Kier alpha value is -2.14. The van der Waals surface area contributed by atoms with Crippen LogP contribution >= 0.6 is 0 Å². The van der Waals surface area contributed by atoms with Crippen molar-refractivity contribution in [3.63, 3.8) is 0 Å². The molecule has 0 aliphatic rings. The van der Waals surface area contributed by atoms with Crippen molar-refractivity contribution in [3.8, 4) is 5.75 Å². The van der Waals surface area contributed by atoms with Crippen LogP contribution < -0.4 is 10.1 Å². The molecule has 0 saturated heterocycles. The standard InChI is InChI=1S/C16H17F2NO2/c1-20-5-6-21-16-4-2-3-15(10-16)19-11-12-7-13(17)9-14(18)8-12/h2-4,7-10,19H,5-6,11H2,1H3. The summed E-state index contributed by atoms with van der Waals surface area (Å²) < 4.78 is 36.6. The number of rotatable bonds is 7. The molecule has 0 atom stereocenters. The predicted octanol–water partition coefficient (Wildman–Crippen LogP) is 3.60. The molecule has 0 unspecified atom stereocenters. The Kier molecular flexibility index (Phi) is 5.51. The van der Waals surface area contributed by atoms with E-state index >= 15 is 0 Å². The molecular formula is C16H17F2NO2. The van der Waals surface area contributed by atoms with Gasteiger partial charge in [-0.2, -0.15) is 0 Å². The number of hydrogen-bond donors (Lipinski definition) is 1. The van der Waals surface area contributed by atoms with Crippen LogP contribution in [0.1, 0.15) is 5.56 Å². The van der Waals surface area contributed by atoms with Crippen LogP contribution in [0.25, 0.3) is 0 Å². The Morgan fingerprint density at radius 1 is 1.00 bits per heavy atom. The summed E-state index contributed by atoms with van der Waals surface area (Å²) in [7, 11) is 1.61. The lowest BCUT2D eigenvalue weighted by molar-refractivity contribution is 0.146. The molecule has 0 aromatic heterocycles. The van der Waals surface area contributed by atoms with Crippen LogP contribution in [0, 0.1) is 11.6 Å². The van der Waals surface area contributed by atoms with Crippen LogP contribution in [-0.4, -0.2) is 20.3 Å². The first kappa shape index (κ1) is 15.3. The lowest BCUT2D eigenvalue weighted by Gasteiger charge is -2.10. The molecule has 1 N–H and O–H groups in total. The average molecular weight is 293 g/mol. The van der Waals surface area contributed by atoms with Gasteiger partial charge in [-0.05, 0) is 29.8 Å². The van der Waals surface area contributed by atoms with Crippen molar-refractivity contribution in [2.24, 2.45) is 0 Å². The molecule has 0 bridgehead atoms. The molecule has 3 nitrogen and oxygen atoms in total. The third-order valence-electron chi connectivity index (χ3n) is 2.81. The number of benzene rings is 2. The number of anilines is 1. The molecule has 0 amide bonds. The number of ether oxygens (including phenoxy) is 2. The van der Waals surface area contributed by atoms with E-state index in [1.807, 2.05) is 24.3 Å². The summed E-state index contributed by atoms with van der Waals surface area (Å²) in [4.78, 5) is 0. The number of hydrogen-bond acceptors (Lipinski definition) is 3. The summed E-state index contributed by atoms with van der Waals surface area (Å²) in [5.74, 6) is -0.450. The maximum Gasteiger partial charge on any atom is 0.126 e. The first-order valence-corrected chi connectivity index (χ1v) is 6.58. The fourth-order valence-corrected chi connectivity index (χ4v) is 1.86. The normalized spacial score (nSPS) is 10.4. The summed E-state index contributed by atoms with van der Waals surface area (Å²) in [6.07, 6.45) is 0. The third-order valence-corrected chi connectivity index (χ3v) is 2.81. The largest absolute Gasteiger partial charge is 0.491 e. The molecule has 0 aliphatic carbocycles. The van der Waals surface area contributed by atoms with Crippen molar-refractivity contribution in [2.75, 3.05) is 25.6 Å². The molecule has 0 heterocycles. The highest BCUT2D eigenvalue weighted by Gasteiger charge is 2.01. The fourth-order valence-electron chi connectivity index (χ4n) is 1.86. The first-order chi connectivity index (χ1) is 10.2. The minimum absolute atomic E-state index is 0.330. The highest BCUT2D eigenvalue weighted by atomic mass is 19.1. The van der Waals surface area contributed by atoms with E-state index in [9.17, 15) is 8.78 Å². The van der Waals surface area contributed by atoms with Crippen molar-refractivity contribution < 1.29 is 18.3 Å². The maximum absolute atomic E-state index is 13.1. The monoisotopic (exact) mass is 293 g/mol. The van der Waals surface area contributed by atoms with E-state index < -0.39 is 11.6 Å². The van der Waals surface area contributed by atoms with E-state index in [1.165, 1.54) is 12.1 Å². The minimum atomic E-state index is -0.580. The van der Waals surface area contributed by atoms with Crippen molar-refractivity contribution >= 4 is 5.69 Å². The van der Waals surface area contributed by atoms with Crippen LogP contribution in [0.15, 0.2) is 42.5 Å².